The molecule has 4 nitrogen and oxygen atoms in total. The summed E-state index contributed by atoms with van der Waals surface area (Å²) in [6.07, 6.45) is 0. The molecule has 0 atom stereocenters. The van der Waals surface area contributed by atoms with Crippen molar-refractivity contribution >= 4 is 32.6 Å². The van der Waals surface area contributed by atoms with E-state index in [0.717, 1.165) is 29.9 Å². The third-order valence-corrected chi connectivity index (χ3v) is 5.79. The molecule has 0 spiro atoms. The number of thiazole rings is 1. The zero-order chi connectivity index (χ0) is 19.4. The fourth-order valence-electron chi connectivity index (χ4n) is 3.04. The number of rotatable bonds is 7. The first kappa shape index (κ1) is 19.5. The number of aryl methyl sites for hydroxylation is 1. The van der Waals surface area contributed by atoms with Gasteiger partial charge in [-0.1, -0.05) is 49.4 Å². The predicted octanol–water partition coefficient (Wildman–Crippen LogP) is 4.73. The lowest BCUT2D eigenvalue weighted by molar-refractivity contribution is 0.0983. The molecule has 0 saturated carbocycles. The second kappa shape index (κ2) is 8.59. The normalized spacial score (nSPS) is 11.3. The van der Waals surface area contributed by atoms with Crippen LogP contribution in [0.1, 0.15) is 29.8 Å². The van der Waals surface area contributed by atoms with Crippen LogP contribution in [0, 0.1) is 12.7 Å². The van der Waals surface area contributed by atoms with Gasteiger partial charge in [0.05, 0.1) is 4.70 Å². The van der Waals surface area contributed by atoms with Crippen LogP contribution < -0.4 is 4.90 Å². The monoisotopic (exact) mass is 385 g/mol. The number of nitrogens with zero attached hydrogens (tertiary/aromatic N) is 3. The Bertz CT molecular complexity index is 936. The summed E-state index contributed by atoms with van der Waals surface area (Å²) in [6, 6.07) is 12.4. The number of carbonyl (C=O) groups is 1. The standard InChI is InChI=1S/C21H24FN3OS/c1-4-24(5-2)13-14-25(20(26)16-10-7-6-9-15(16)3)21-23-19-17(22)11-8-12-18(19)27-21/h6-12H,4-5,13-14H2,1-3H3. The summed E-state index contributed by atoms with van der Waals surface area (Å²) in [7, 11) is 0. The molecule has 0 aliphatic heterocycles. The number of carbonyl (C=O) groups excluding carboxylic acids is 1. The van der Waals surface area contributed by atoms with Gasteiger partial charge in [0.25, 0.3) is 5.91 Å². The van der Waals surface area contributed by atoms with Crippen LogP contribution in [0.15, 0.2) is 42.5 Å². The maximum absolute atomic E-state index is 14.1. The van der Waals surface area contributed by atoms with E-state index in [2.05, 4.69) is 23.7 Å². The van der Waals surface area contributed by atoms with Crippen LogP contribution >= 0.6 is 11.3 Å². The topological polar surface area (TPSA) is 36.4 Å². The van der Waals surface area contributed by atoms with Crippen molar-refractivity contribution in [2.75, 3.05) is 31.1 Å². The zero-order valence-electron chi connectivity index (χ0n) is 15.9. The van der Waals surface area contributed by atoms with E-state index in [0.29, 0.717) is 22.8 Å². The molecule has 0 aliphatic rings. The first-order valence-electron chi connectivity index (χ1n) is 9.20. The SMILES string of the molecule is CCN(CC)CCN(C(=O)c1ccccc1C)c1nc2c(F)cccc2s1. The highest BCUT2D eigenvalue weighted by molar-refractivity contribution is 7.22. The van der Waals surface area contributed by atoms with E-state index in [1.165, 1.54) is 17.4 Å². The van der Waals surface area contributed by atoms with Crippen molar-refractivity contribution in [3.8, 4) is 0 Å². The van der Waals surface area contributed by atoms with Gasteiger partial charge in [0.1, 0.15) is 11.3 Å². The third-order valence-electron chi connectivity index (χ3n) is 4.74. The van der Waals surface area contributed by atoms with E-state index in [-0.39, 0.29) is 11.7 Å². The third kappa shape index (κ3) is 4.17. The molecule has 1 aromatic heterocycles. The van der Waals surface area contributed by atoms with Crippen LogP contribution in [0.5, 0.6) is 0 Å². The molecule has 0 radical (unpaired) electrons. The summed E-state index contributed by atoms with van der Waals surface area (Å²) in [5.74, 6) is -0.457. The average molecular weight is 386 g/mol. The molecule has 1 amide bonds. The van der Waals surface area contributed by atoms with Crippen molar-refractivity contribution in [1.29, 1.82) is 0 Å². The molecule has 0 fully saturated rings. The van der Waals surface area contributed by atoms with Gasteiger partial charge in [-0.15, -0.1) is 0 Å². The van der Waals surface area contributed by atoms with E-state index < -0.39 is 0 Å². The van der Waals surface area contributed by atoms with Crippen molar-refractivity contribution in [3.05, 3.63) is 59.4 Å². The molecule has 2 aromatic carbocycles. The van der Waals surface area contributed by atoms with Gasteiger partial charge >= 0.3 is 0 Å². The molecular formula is C21H24FN3OS. The van der Waals surface area contributed by atoms with E-state index in [4.69, 9.17) is 0 Å². The van der Waals surface area contributed by atoms with Crippen molar-refractivity contribution in [2.24, 2.45) is 0 Å². The molecule has 0 aliphatic carbocycles. The Labute approximate surface area is 163 Å². The number of halogens is 1. The van der Waals surface area contributed by atoms with Gasteiger partial charge in [0.2, 0.25) is 0 Å². The van der Waals surface area contributed by atoms with Crippen LogP contribution in [0.25, 0.3) is 10.2 Å². The number of benzene rings is 2. The van der Waals surface area contributed by atoms with Gasteiger partial charge in [-0.25, -0.2) is 9.37 Å². The molecule has 3 rings (SSSR count). The van der Waals surface area contributed by atoms with E-state index in [9.17, 15) is 9.18 Å². The highest BCUT2D eigenvalue weighted by atomic mass is 32.1. The maximum atomic E-state index is 14.1. The quantitative estimate of drug-likeness (QED) is 0.590. The number of anilines is 1. The minimum absolute atomic E-state index is 0.0975. The number of aromatic nitrogens is 1. The Morgan fingerprint density at radius 1 is 1.07 bits per heavy atom. The number of likely N-dealkylation sites (N-methyl/N-ethyl adjacent to an activating group) is 1. The molecule has 142 valence electrons. The first-order chi connectivity index (χ1) is 13.0. The Kier molecular flexibility index (Phi) is 6.19. The summed E-state index contributed by atoms with van der Waals surface area (Å²) in [4.78, 5) is 21.7. The number of hydrogen-bond acceptors (Lipinski definition) is 4. The Morgan fingerprint density at radius 3 is 2.48 bits per heavy atom. The van der Waals surface area contributed by atoms with Crippen LogP contribution in [0.2, 0.25) is 0 Å². The summed E-state index contributed by atoms with van der Waals surface area (Å²) in [5, 5.41) is 0.538. The summed E-state index contributed by atoms with van der Waals surface area (Å²) in [6.45, 7) is 9.20. The van der Waals surface area contributed by atoms with Crippen LogP contribution in [-0.4, -0.2) is 42.0 Å². The second-order valence-electron chi connectivity index (χ2n) is 6.38. The van der Waals surface area contributed by atoms with Crippen molar-refractivity contribution < 1.29 is 9.18 Å². The summed E-state index contributed by atoms with van der Waals surface area (Å²) in [5.41, 5.74) is 1.89. The van der Waals surface area contributed by atoms with Gasteiger partial charge in [-0.3, -0.25) is 9.69 Å². The maximum Gasteiger partial charge on any atom is 0.260 e. The molecule has 0 saturated heterocycles. The minimum Gasteiger partial charge on any atom is -0.302 e. The van der Waals surface area contributed by atoms with Gasteiger partial charge in [-0.05, 0) is 43.8 Å². The van der Waals surface area contributed by atoms with Crippen LogP contribution in [0.3, 0.4) is 0 Å². The molecule has 0 bridgehead atoms. The molecule has 6 heteroatoms. The molecular weight excluding hydrogens is 361 g/mol. The van der Waals surface area contributed by atoms with Crippen molar-refractivity contribution in [1.82, 2.24) is 9.88 Å². The Hall–Kier alpha value is -2.31. The fourth-order valence-corrected chi connectivity index (χ4v) is 4.05. The lowest BCUT2D eigenvalue weighted by atomic mass is 10.1. The zero-order valence-corrected chi connectivity index (χ0v) is 16.7. The first-order valence-corrected chi connectivity index (χ1v) is 10.0. The minimum atomic E-state index is -0.359. The number of amides is 1. The average Bonchev–Trinajstić information content (AvgIpc) is 3.10. The number of hydrogen-bond donors (Lipinski definition) is 0. The fraction of sp³-hybridized carbons (Fsp3) is 0.333. The Balaban J connectivity index is 1.99. The molecule has 27 heavy (non-hydrogen) atoms. The molecule has 0 unspecified atom stereocenters. The van der Waals surface area contributed by atoms with Crippen molar-refractivity contribution in [3.63, 3.8) is 0 Å². The Morgan fingerprint density at radius 2 is 1.81 bits per heavy atom. The number of para-hydroxylation sites is 1. The number of fused-ring (bicyclic) bond motifs is 1. The van der Waals surface area contributed by atoms with E-state index in [1.54, 1.807) is 11.0 Å². The molecule has 3 aromatic rings. The predicted molar refractivity (Wildman–Crippen MR) is 110 cm³/mol. The van der Waals surface area contributed by atoms with Crippen LogP contribution in [0.4, 0.5) is 9.52 Å². The largest absolute Gasteiger partial charge is 0.302 e. The van der Waals surface area contributed by atoms with E-state index >= 15 is 0 Å². The second-order valence-corrected chi connectivity index (χ2v) is 7.39. The summed E-state index contributed by atoms with van der Waals surface area (Å²) >= 11 is 1.35. The van der Waals surface area contributed by atoms with E-state index in [1.807, 2.05) is 37.3 Å². The summed E-state index contributed by atoms with van der Waals surface area (Å²) < 4.78 is 14.9. The van der Waals surface area contributed by atoms with Crippen LogP contribution in [-0.2, 0) is 0 Å². The lowest BCUT2D eigenvalue weighted by Crippen LogP contribution is -2.39. The van der Waals surface area contributed by atoms with Gasteiger partial charge in [0.15, 0.2) is 5.13 Å². The highest BCUT2D eigenvalue weighted by Gasteiger charge is 2.23. The molecule has 0 N–H and O–H groups in total. The molecule has 1 heterocycles. The van der Waals surface area contributed by atoms with Crippen molar-refractivity contribution in [2.45, 2.75) is 20.8 Å². The van der Waals surface area contributed by atoms with Gasteiger partial charge < -0.3 is 4.90 Å². The highest BCUT2D eigenvalue weighted by Crippen LogP contribution is 2.31. The lowest BCUT2D eigenvalue weighted by Gasteiger charge is -2.25. The van der Waals surface area contributed by atoms with Gasteiger partial charge in [-0.2, -0.15) is 0 Å². The van der Waals surface area contributed by atoms with Gasteiger partial charge in [0, 0.05) is 18.7 Å². The smallest absolute Gasteiger partial charge is 0.260 e.